The molecule has 3 nitrogen and oxygen atoms in total. The fourth-order valence-corrected chi connectivity index (χ4v) is 10.6. The summed E-state index contributed by atoms with van der Waals surface area (Å²) < 4.78 is 10.9. The Bertz CT molecular complexity index is 691. The number of carbonyl (C=O) groups is 1. The van der Waals surface area contributed by atoms with Crippen molar-refractivity contribution in [1.29, 1.82) is 0 Å². The first-order valence-corrected chi connectivity index (χ1v) is 11.3. The molecule has 1 aromatic carbocycles. The number of fused-ring (bicyclic) bond motifs is 1. The Labute approximate surface area is 146 Å². The van der Waals surface area contributed by atoms with Crippen LogP contribution in [0.2, 0.25) is 16.6 Å². The van der Waals surface area contributed by atoms with E-state index >= 15 is 0 Å². The molecule has 0 atom stereocenters. The molecule has 0 saturated heterocycles. The molecule has 0 fully saturated rings. The smallest absolute Gasteiger partial charge is 0.374 e. The van der Waals surface area contributed by atoms with Crippen LogP contribution in [0.1, 0.15) is 57.7 Å². The summed E-state index contributed by atoms with van der Waals surface area (Å²) in [6, 6.07) is 8.87. The Balaban J connectivity index is 2.67. The topological polar surface area (TPSA) is 39.4 Å². The summed E-state index contributed by atoms with van der Waals surface area (Å²) >= 11 is 0. The minimum absolute atomic E-state index is 0.375. The second-order valence-electron chi connectivity index (χ2n) is 7.65. The summed E-state index contributed by atoms with van der Waals surface area (Å²) in [6.07, 6.45) is 0. The maximum Gasteiger partial charge on any atom is 0.374 e. The van der Waals surface area contributed by atoms with Gasteiger partial charge in [0.05, 0.1) is 15.2 Å². The highest BCUT2D eigenvalue weighted by atomic mass is 28.3. The first-order chi connectivity index (χ1) is 11.3. The van der Waals surface area contributed by atoms with Crippen LogP contribution in [0, 0.1) is 0 Å². The van der Waals surface area contributed by atoms with Crippen molar-refractivity contribution in [2.24, 2.45) is 0 Å². The summed E-state index contributed by atoms with van der Waals surface area (Å²) in [5, 5.41) is 1.05. The number of furan rings is 1. The van der Waals surface area contributed by atoms with Gasteiger partial charge in [0, 0.05) is 10.9 Å². The lowest BCUT2D eigenvalue weighted by Gasteiger charge is -2.43. The van der Waals surface area contributed by atoms with Gasteiger partial charge in [-0.15, -0.1) is 0 Å². The van der Waals surface area contributed by atoms with E-state index in [4.69, 9.17) is 9.15 Å². The quantitative estimate of drug-likeness (QED) is 0.477. The third kappa shape index (κ3) is 3.04. The van der Waals surface area contributed by atoms with Crippen LogP contribution in [0.4, 0.5) is 0 Å². The van der Waals surface area contributed by atoms with Crippen LogP contribution < -0.4 is 0 Å². The summed E-state index contributed by atoms with van der Waals surface area (Å²) in [7, 11) is -0.293. The largest absolute Gasteiger partial charge is 0.463 e. The normalized spacial score (nSPS) is 12.6. The number of hydrogen-bond donors (Lipinski definition) is 0. The van der Waals surface area contributed by atoms with E-state index in [0.29, 0.717) is 22.4 Å². The van der Waals surface area contributed by atoms with Crippen LogP contribution >= 0.6 is 0 Å². The number of hydrogen-bond acceptors (Lipinski definition) is 3. The fraction of sp³-hybridized carbons (Fsp3) is 0.550. The Hall–Kier alpha value is -1.55. The molecule has 0 aliphatic rings. The Morgan fingerprint density at radius 1 is 1.04 bits per heavy atom. The molecule has 0 unspecified atom stereocenters. The molecular formula is C20H30O3Si. The second kappa shape index (κ2) is 7.14. The molecule has 2 aromatic rings. The van der Waals surface area contributed by atoms with Crippen molar-refractivity contribution in [2.75, 3.05) is 7.11 Å². The van der Waals surface area contributed by atoms with Gasteiger partial charge in [0.2, 0.25) is 5.76 Å². The highest BCUT2D eigenvalue weighted by Crippen LogP contribution is 2.45. The molecule has 132 valence electrons. The van der Waals surface area contributed by atoms with E-state index in [1.807, 2.05) is 18.2 Å². The lowest BCUT2D eigenvalue weighted by atomic mass is 10.1. The number of benzene rings is 1. The zero-order valence-corrected chi connectivity index (χ0v) is 17.0. The summed E-state index contributed by atoms with van der Waals surface area (Å²) in [5.74, 6) is 0.0119. The number of para-hydroxylation sites is 1. The molecular weight excluding hydrogens is 316 g/mol. The van der Waals surface area contributed by atoms with Gasteiger partial charge in [0.25, 0.3) is 0 Å². The van der Waals surface area contributed by atoms with Crippen LogP contribution in [-0.4, -0.2) is 21.2 Å². The van der Waals surface area contributed by atoms with Gasteiger partial charge in [0.1, 0.15) is 5.58 Å². The van der Waals surface area contributed by atoms with Crippen molar-refractivity contribution < 1.29 is 13.9 Å². The molecule has 0 bridgehead atoms. The van der Waals surface area contributed by atoms with Crippen LogP contribution in [0.3, 0.4) is 0 Å². The van der Waals surface area contributed by atoms with E-state index in [0.717, 1.165) is 22.6 Å². The zero-order chi connectivity index (χ0) is 18.1. The second-order valence-corrected chi connectivity index (χ2v) is 13.7. The molecule has 24 heavy (non-hydrogen) atoms. The van der Waals surface area contributed by atoms with Gasteiger partial charge in [-0.2, -0.15) is 0 Å². The van der Waals surface area contributed by atoms with E-state index in [9.17, 15) is 4.79 Å². The third-order valence-electron chi connectivity index (χ3n) is 5.78. The third-order valence-corrected chi connectivity index (χ3v) is 13.2. The standard InChI is InChI=1S/C20H30O3Si/c1-13(2)24(14(3)4,15(5)6)12-17-16-10-8-9-11-18(16)23-19(17)20(21)22-7/h8-11,13-15H,12H2,1-7H3. The summed E-state index contributed by atoms with van der Waals surface area (Å²) in [4.78, 5) is 12.3. The molecule has 1 heterocycles. The van der Waals surface area contributed by atoms with Crippen molar-refractivity contribution in [3.63, 3.8) is 0 Å². The van der Waals surface area contributed by atoms with Gasteiger partial charge in [-0.25, -0.2) is 4.79 Å². The maximum atomic E-state index is 12.3. The Morgan fingerprint density at radius 2 is 1.58 bits per heavy atom. The minimum atomic E-state index is -1.71. The maximum absolute atomic E-state index is 12.3. The van der Waals surface area contributed by atoms with Gasteiger partial charge in [-0.1, -0.05) is 76.4 Å². The highest BCUT2D eigenvalue weighted by Gasteiger charge is 2.44. The van der Waals surface area contributed by atoms with Crippen molar-refractivity contribution in [2.45, 2.75) is 64.2 Å². The van der Waals surface area contributed by atoms with Gasteiger partial charge < -0.3 is 9.15 Å². The zero-order valence-electron chi connectivity index (χ0n) is 16.0. The average Bonchev–Trinajstić information content (AvgIpc) is 2.89. The van der Waals surface area contributed by atoms with Gasteiger partial charge in [-0.05, 0) is 12.1 Å². The minimum Gasteiger partial charge on any atom is -0.463 e. The molecule has 0 radical (unpaired) electrons. The lowest BCUT2D eigenvalue weighted by molar-refractivity contribution is 0.0566. The number of rotatable bonds is 6. The highest BCUT2D eigenvalue weighted by molar-refractivity contribution is 6.83. The first-order valence-electron chi connectivity index (χ1n) is 8.84. The van der Waals surface area contributed by atoms with Gasteiger partial charge in [-0.3, -0.25) is 0 Å². The number of carbonyl (C=O) groups excluding carboxylic acids is 1. The van der Waals surface area contributed by atoms with Gasteiger partial charge in [0.15, 0.2) is 0 Å². The van der Waals surface area contributed by atoms with Gasteiger partial charge >= 0.3 is 5.97 Å². The van der Waals surface area contributed by atoms with E-state index in [-0.39, 0.29) is 5.97 Å². The molecule has 0 saturated carbocycles. The molecule has 4 heteroatoms. The Morgan fingerprint density at radius 3 is 2.08 bits per heavy atom. The van der Waals surface area contributed by atoms with Crippen molar-refractivity contribution in [3.05, 3.63) is 35.6 Å². The van der Waals surface area contributed by atoms with Crippen molar-refractivity contribution in [1.82, 2.24) is 0 Å². The molecule has 2 rings (SSSR count). The summed E-state index contributed by atoms with van der Waals surface area (Å²) in [6.45, 7) is 14.0. The predicted molar refractivity (Wildman–Crippen MR) is 102 cm³/mol. The number of methoxy groups -OCH3 is 1. The molecule has 0 aliphatic carbocycles. The van der Waals surface area contributed by atoms with Crippen LogP contribution in [-0.2, 0) is 10.8 Å². The van der Waals surface area contributed by atoms with E-state index in [1.165, 1.54) is 7.11 Å². The lowest BCUT2D eigenvalue weighted by Crippen LogP contribution is -2.47. The average molecular weight is 347 g/mol. The summed E-state index contributed by atoms with van der Waals surface area (Å²) in [5.41, 5.74) is 3.68. The van der Waals surface area contributed by atoms with E-state index < -0.39 is 8.07 Å². The van der Waals surface area contributed by atoms with Crippen LogP contribution in [0.25, 0.3) is 11.0 Å². The molecule has 0 aliphatic heterocycles. The molecule has 1 aromatic heterocycles. The van der Waals surface area contributed by atoms with Crippen LogP contribution in [0.15, 0.2) is 28.7 Å². The first kappa shape index (κ1) is 18.8. The molecule has 0 spiro atoms. The SMILES string of the molecule is COC(=O)c1oc2ccccc2c1C[Si](C(C)C)(C(C)C)C(C)C. The number of esters is 1. The predicted octanol–water partition coefficient (Wildman–Crippen LogP) is 5.98. The van der Waals surface area contributed by atoms with E-state index in [1.54, 1.807) is 0 Å². The Kier molecular flexibility index (Phi) is 5.58. The van der Waals surface area contributed by atoms with Crippen LogP contribution in [0.5, 0.6) is 0 Å². The molecule has 0 amide bonds. The monoisotopic (exact) mass is 346 g/mol. The van der Waals surface area contributed by atoms with E-state index in [2.05, 4.69) is 47.6 Å². The fourth-order valence-electron chi connectivity index (χ4n) is 4.45. The van der Waals surface area contributed by atoms with Crippen molar-refractivity contribution in [3.8, 4) is 0 Å². The van der Waals surface area contributed by atoms with Crippen molar-refractivity contribution >= 4 is 25.0 Å². The molecule has 0 N–H and O–H groups in total. The number of ether oxygens (including phenoxy) is 1.